The van der Waals surface area contributed by atoms with Crippen LogP contribution in [0.4, 0.5) is 0 Å². The Morgan fingerprint density at radius 3 is 3.21 bits per heavy atom. The van der Waals surface area contributed by atoms with Crippen molar-refractivity contribution in [2.75, 3.05) is 12.9 Å². The van der Waals surface area contributed by atoms with Crippen molar-refractivity contribution in [3.8, 4) is 0 Å². The largest absolute Gasteiger partial charge is 0.375 e. The van der Waals surface area contributed by atoms with E-state index < -0.39 is 0 Å². The fourth-order valence-corrected chi connectivity index (χ4v) is 2.24. The summed E-state index contributed by atoms with van der Waals surface area (Å²) in [6, 6.07) is 0. The van der Waals surface area contributed by atoms with Crippen LogP contribution in [0.25, 0.3) is 0 Å². The number of rotatable bonds is 3. The van der Waals surface area contributed by atoms with Gasteiger partial charge in [-0.15, -0.1) is 18.3 Å². The van der Waals surface area contributed by atoms with Crippen molar-refractivity contribution in [3.63, 3.8) is 0 Å². The molecule has 1 aliphatic heterocycles. The van der Waals surface area contributed by atoms with Gasteiger partial charge in [-0.1, -0.05) is 12.2 Å². The lowest BCUT2D eigenvalue weighted by Gasteiger charge is -2.14. The molecule has 0 aliphatic carbocycles. The predicted octanol–water partition coefficient (Wildman–Crippen LogP) is 3.02. The zero-order valence-electron chi connectivity index (χ0n) is 8.82. The zero-order chi connectivity index (χ0) is 10.4. The first-order chi connectivity index (χ1) is 6.77. The Bertz CT molecular complexity index is 258. The van der Waals surface area contributed by atoms with Gasteiger partial charge in [0.25, 0.3) is 0 Å². The normalized spacial score (nSPS) is 22.3. The molecular weight excluding hydrogens is 194 g/mol. The maximum absolute atomic E-state index is 5.41. The molecule has 1 unspecified atom stereocenters. The molecule has 1 rings (SSSR count). The molecule has 0 aromatic carbocycles. The molecule has 0 aromatic rings. The fraction of sp³-hybridized carbons (Fsp3) is 0.545. The number of hydrogen-bond acceptors (Lipinski definition) is 3. The maximum atomic E-state index is 5.41. The summed E-state index contributed by atoms with van der Waals surface area (Å²) in [5.74, 6) is 0.895. The minimum absolute atomic E-state index is 0.161. The molecule has 0 fully saturated rings. The third-order valence-corrected chi connectivity index (χ3v) is 3.12. The fourth-order valence-electron chi connectivity index (χ4n) is 1.35. The second kappa shape index (κ2) is 6.04. The smallest absolute Gasteiger partial charge is 0.105 e. The number of aliphatic imine (C=N–C) groups is 1. The predicted molar refractivity (Wildman–Crippen MR) is 63.9 cm³/mol. The molecule has 0 saturated carbocycles. The van der Waals surface area contributed by atoms with Crippen LogP contribution in [0.15, 0.2) is 29.4 Å². The van der Waals surface area contributed by atoms with Gasteiger partial charge in [-0.2, -0.15) is 0 Å². The van der Waals surface area contributed by atoms with E-state index >= 15 is 0 Å². The van der Waals surface area contributed by atoms with Gasteiger partial charge in [0, 0.05) is 18.6 Å². The molecule has 1 atom stereocenters. The first-order valence-corrected chi connectivity index (χ1v) is 5.78. The highest BCUT2D eigenvalue weighted by molar-refractivity contribution is 8.14. The number of thioether (sulfide) groups is 1. The summed E-state index contributed by atoms with van der Waals surface area (Å²) < 4.78 is 5.41. The minimum Gasteiger partial charge on any atom is -0.375 e. The van der Waals surface area contributed by atoms with Crippen LogP contribution in [0.1, 0.15) is 19.8 Å². The Labute approximate surface area is 90.1 Å². The van der Waals surface area contributed by atoms with Gasteiger partial charge in [-0.3, -0.25) is 0 Å². The van der Waals surface area contributed by atoms with Gasteiger partial charge in [-0.05, 0) is 19.8 Å². The first kappa shape index (κ1) is 11.5. The molecule has 78 valence electrons. The van der Waals surface area contributed by atoms with Crippen LogP contribution in [-0.2, 0) is 4.74 Å². The van der Waals surface area contributed by atoms with Crippen molar-refractivity contribution in [1.29, 1.82) is 0 Å². The van der Waals surface area contributed by atoms with Crippen molar-refractivity contribution >= 4 is 16.8 Å². The molecule has 0 aromatic heterocycles. The van der Waals surface area contributed by atoms with Crippen LogP contribution >= 0.6 is 11.8 Å². The highest BCUT2D eigenvalue weighted by Gasteiger charge is 2.17. The van der Waals surface area contributed by atoms with Crippen LogP contribution < -0.4 is 0 Å². The molecular formula is C11H17NOS. The number of ether oxygens (including phenoxy) is 1. The Balaban J connectivity index is 2.70. The Morgan fingerprint density at radius 2 is 2.57 bits per heavy atom. The molecule has 0 radical (unpaired) electrons. The van der Waals surface area contributed by atoms with Crippen molar-refractivity contribution in [1.82, 2.24) is 0 Å². The second-order valence-electron chi connectivity index (χ2n) is 3.20. The van der Waals surface area contributed by atoms with E-state index in [9.17, 15) is 0 Å². The van der Waals surface area contributed by atoms with Gasteiger partial charge in [0.15, 0.2) is 0 Å². The van der Waals surface area contributed by atoms with Crippen molar-refractivity contribution < 1.29 is 4.74 Å². The Morgan fingerprint density at radius 1 is 1.79 bits per heavy atom. The quantitative estimate of drug-likeness (QED) is 0.669. The summed E-state index contributed by atoms with van der Waals surface area (Å²) in [5.41, 5.74) is 1.09. The van der Waals surface area contributed by atoms with Gasteiger partial charge in [0.1, 0.15) is 11.1 Å². The maximum Gasteiger partial charge on any atom is 0.105 e. The summed E-state index contributed by atoms with van der Waals surface area (Å²) >= 11 is 1.71. The van der Waals surface area contributed by atoms with E-state index in [0.717, 1.165) is 29.3 Å². The number of nitrogens with zero attached hydrogens (tertiary/aromatic N) is 1. The van der Waals surface area contributed by atoms with Crippen LogP contribution in [0.3, 0.4) is 0 Å². The van der Waals surface area contributed by atoms with E-state index in [1.54, 1.807) is 18.9 Å². The Kier molecular flexibility index (Phi) is 4.98. The summed E-state index contributed by atoms with van der Waals surface area (Å²) in [4.78, 5) is 4.53. The van der Waals surface area contributed by atoms with E-state index in [1.165, 1.54) is 0 Å². The molecule has 0 N–H and O–H groups in total. The third kappa shape index (κ3) is 3.31. The molecule has 0 amide bonds. The zero-order valence-corrected chi connectivity index (χ0v) is 9.64. The molecule has 2 nitrogen and oxygen atoms in total. The van der Waals surface area contributed by atoms with Crippen LogP contribution in [0.2, 0.25) is 0 Å². The monoisotopic (exact) mass is 211 g/mol. The molecule has 0 saturated heterocycles. The van der Waals surface area contributed by atoms with E-state index in [0.29, 0.717) is 0 Å². The molecule has 1 aliphatic rings. The van der Waals surface area contributed by atoms with E-state index in [4.69, 9.17) is 4.74 Å². The second-order valence-corrected chi connectivity index (χ2v) is 4.24. The number of methoxy groups -OCH3 is 1. The summed E-state index contributed by atoms with van der Waals surface area (Å²) in [6.45, 7) is 5.74. The highest BCUT2D eigenvalue weighted by atomic mass is 32.2. The summed E-state index contributed by atoms with van der Waals surface area (Å²) in [6.07, 6.45) is 6.29. The Hall–Kier alpha value is -0.540. The van der Waals surface area contributed by atoms with E-state index in [-0.39, 0.29) is 6.10 Å². The lowest BCUT2D eigenvalue weighted by Crippen LogP contribution is -2.19. The number of allylic oxidation sites excluding steroid dienone is 2. The van der Waals surface area contributed by atoms with Gasteiger partial charge in [-0.25, -0.2) is 4.99 Å². The summed E-state index contributed by atoms with van der Waals surface area (Å²) in [7, 11) is 1.75. The molecule has 0 bridgehead atoms. The summed E-state index contributed by atoms with van der Waals surface area (Å²) in [5, 5.41) is 1.08. The SMILES string of the molecule is C=CCSC1=NC(C)=CCCC1OC. The molecule has 14 heavy (non-hydrogen) atoms. The molecule has 3 heteroatoms. The lowest BCUT2D eigenvalue weighted by molar-refractivity contribution is 0.152. The molecule has 0 spiro atoms. The van der Waals surface area contributed by atoms with Crippen molar-refractivity contribution in [2.24, 2.45) is 4.99 Å². The average Bonchev–Trinajstić information content (AvgIpc) is 2.36. The van der Waals surface area contributed by atoms with Gasteiger partial charge in [0.05, 0.1) is 0 Å². The minimum atomic E-state index is 0.161. The third-order valence-electron chi connectivity index (χ3n) is 2.06. The average molecular weight is 211 g/mol. The van der Waals surface area contributed by atoms with Gasteiger partial charge >= 0.3 is 0 Å². The van der Waals surface area contributed by atoms with Crippen LogP contribution in [-0.4, -0.2) is 24.0 Å². The topological polar surface area (TPSA) is 21.6 Å². The molecule has 1 heterocycles. The van der Waals surface area contributed by atoms with Crippen molar-refractivity contribution in [2.45, 2.75) is 25.9 Å². The van der Waals surface area contributed by atoms with Crippen LogP contribution in [0, 0.1) is 0 Å². The van der Waals surface area contributed by atoms with Gasteiger partial charge in [0.2, 0.25) is 0 Å². The highest BCUT2D eigenvalue weighted by Crippen LogP contribution is 2.20. The standard InChI is InChI=1S/C11H17NOS/c1-4-8-14-11-10(13-3)7-5-6-9(2)12-11/h4,6,10H,1,5,7-8H2,2-3H3. The van der Waals surface area contributed by atoms with Crippen LogP contribution in [0.5, 0.6) is 0 Å². The number of hydrogen-bond donors (Lipinski definition) is 0. The van der Waals surface area contributed by atoms with Crippen molar-refractivity contribution in [3.05, 3.63) is 24.4 Å². The lowest BCUT2D eigenvalue weighted by atomic mass is 10.2. The van der Waals surface area contributed by atoms with Gasteiger partial charge < -0.3 is 4.74 Å². The van der Waals surface area contributed by atoms with E-state index in [2.05, 4.69) is 17.6 Å². The van der Waals surface area contributed by atoms with E-state index in [1.807, 2.05) is 13.0 Å². The first-order valence-electron chi connectivity index (χ1n) is 4.79.